The van der Waals surface area contributed by atoms with Crippen LogP contribution >= 0.6 is 0 Å². The van der Waals surface area contributed by atoms with Gasteiger partial charge in [-0.2, -0.15) is 0 Å². The summed E-state index contributed by atoms with van der Waals surface area (Å²) in [6, 6.07) is 0. The third kappa shape index (κ3) is 1.99. The molecule has 0 aromatic carbocycles. The normalized spacial score (nSPS) is 55.9. The van der Waals surface area contributed by atoms with E-state index in [2.05, 4.69) is 13.8 Å². The van der Waals surface area contributed by atoms with E-state index in [1.807, 2.05) is 0 Å². The Labute approximate surface area is 135 Å². The molecule has 0 bridgehead atoms. The zero-order chi connectivity index (χ0) is 15.0. The summed E-state index contributed by atoms with van der Waals surface area (Å²) in [7, 11) is 0. The average molecular weight is 304 g/mol. The van der Waals surface area contributed by atoms with Crippen molar-refractivity contribution in [1.82, 2.24) is 0 Å². The first kappa shape index (κ1) is 14.3. The minimum atomic E-state index is 0.255. The molecule has 2 heterocycles. The van der Waals surface area contributed by atoms with Gasteiger partial charge in [-0.25, -0.2) is 0 Å². The molecule has 22 heavy (non-hydrogen) atoms. The second-order valence-corrected chi connectivity index (χ2v) is 9.59. The van der Waals surface area contributed by atoms with Crippen LogP contribution in [0.5, 0.6) is 0 Å². The van der Waals surface area contributed by atoms with Crippen molar-refractivity contribution < 1.29 is 9.47 Å². The molecule has 0 radical (unpaired) electrons. The average Bonchev–Trinajstić information content (AvgIpc) is 3.39. The SMILES string of the molecule is CC12CC(C3(C4CCC5OC5(C)C4)CCCCC3)CCC1O2. The lowest BCUT2D eigenvalue weighted by molar-refractivity contribution is -0.0192. The van der Waals surface area contributed by atoms with E-state index in [0.29, 0.717) is 17.6 Å². The van der Waals surface area contributed by atoms with Crippen molar-refractivity contribution in [3.05, 3.63) is 0 Å². The van der Waals surface area contributed by atoms with Gasteiger partial charge in [0.05, 0.1) is 23.4 Å². The Kier molecular flexibility index (Phi) is 2.92. The predicted octanol–water partition coefficient (Wildman–Crippen LogP) is 4.85. The first-order chi connectivity index (χ1) is 10.5. The maximum Gasteiger partial charge on any atom is 0.0923 e. The molecular weight excluding hydrogens is 272 g/mol. The molecule has 6 atom stereocenters. The molecule has 0 spiro atoms. The lowest BCUT2D eigenvalue weighted by Crippen LogP contribution is -2.46. The van der Waals surface area contributed by atoms with E-state index in [1.165, 1.54) is 70.6 Å². The first-order valence-corrected chi connectivity index (χ1v) is 9.90. The molecule has 6 unspecified atom stereocenters. The molecule has 2 heteroatoms. The van der Waals surface area contributed by atoms with E-state index in [9.17, 15) is 0 Å². The fourth-order valence-corrected chi connectivity index (χ4v) is 6.90. The molecule has 0 amide bonds. The van der Waals surface area contributed by atoms with Crippen molar-refractivity contribution in [3.8, 4) is 0 Å². The van der Waals surface area contributed by atoms with Gasteiger partial charge in [-0.15, -0.1) is 0 Å². The molecule has 5 rings (SSSR count). The number of hydrogen-bond acceptors (Lipinski definition) is 2. The highest BCUT2D eigenvalue weighted by molar-refractivity contribution is 5.12. The zero-order valence-corrected chi connectivity index (χ0v) is 14.4. The first-order valence-electron chi connectivity index (χ1n) is 9.90. The summed E-state index contributed by atoms with van der Waals surface area (Å²) < 4.78 is 12.1. The summed E-state index contributed by atoms with van der Waals surface area (Å²) >= 11 is 0. The van der Waals surface area contributed by atoms with E-state index >= 15 is 0 Å². The summed E-state index contributed by atoms with van der Waals surface area (Å²) in [6.45, 7) is 4.76. The number of rotatable bonds is 2. The molecule has 3 saturated carbocycles. The Balaban J connectivity index is 1.42. The molecule has 5 fully saturated rings. The quantitative estimate of drug-likeness (QED) is 0.681. The van der Waals surface area contributed by atoms with Gasteiger partial charge in [0.1, 0.15) is 0 Å². The van der Waals surface area contributed by atoms with E-state index < -0.39 is 0 Å². The third-order valence-electron chi connectivity index (χ3n) is 8.34. The third-order valence-corrected chi connectivity index (χ3v) is 8.34. The lowest BCUT2D eigenvalue weighted by Gasteiger charge is -2.52. The van der Waals surface area contributed by atoms with Crippen LogP contribution in [0.15, 0.2) is 0 Å². The van der Waals surface area contributed by atoms with Gasteiger partial charge in [-0.05, 0) is 82.5 Å². The van der Waals surface area contributed by atoms with Crippen molar-refractivity contribution in [2.75, 3.05) is 0 Å². The molecule has 2 nitrogen and oxygen atoms in total. The summed E-state index contributed by atoms with van der Waals surface area (Å²) in [6.07, 6.45) is 16.8. The molecule has 5 aliphatic rings. The number of ether oxygens (including phenoxy) is 2. The molecule has 0 N–H and O–H groups in total. The molecule has 2 saturated heterocycles. The van der Waals surface area contributed by atoms with Gasteiger partial charge in [0.25, 0.3) is 0 Å². The molecule has 124 valence electrons. The fourth-order valence-electron chi connectivity index (χ4n) is 6.90. The van der Waals surface area contributed by atoms with Gasteiger partial charge < -0.3 is 9.47 Å². The van der Waals surface area contributed by atoms with Crippen molar-refractivity contribution in [1.29, 1.82) is 0 Å². The smallest absolute Gasteiger partial charge is 0.0923 e. The number of hydrogen-bond donors (Lipinski definition) is 0. The van der Waals surface area contributed by atoms with Crippen LogP contribution in [0.4, 0.5) is 0 Å². The van der Waals surface area contributed by atoms with Crippen molar-refractivity contribution in [2.24, 2.45) is 17.3 Å². The fraction of sp³-hybridized carbons (Fsp3) is 1.00. The van der Waals surface area contributed by atoms with Gasteiger partial charge in [0.15, 0.2) is 0 Å². The maximum atomic E-state index is 6.04. The number of epoxide rings is 2. The van der Waals surface area contributed by atoms with Crippen LogP contribution in [0.3, 0.4) is 0 Å². The second kappa shape index (κ2) is 4.51. The highest BCUT2D eigenvalue weighted by Gasteiger charge is 2.63. The van der Waals surface area contributed by atoms with Crippen molar-refractivity contribution in [2.45, 2.75) is 108 Å². The van der Waals surface area contributed by atoms with E-state index in [1.54, 1.807) is 0 Å². The van der Waals surface area contributed by atoms with Crippen molar-refractivity contribution in [3.63, 3.8) is 0 Å². The summed E-state index contributed by atoms with van der Waals surface area (Å²) in [4.78, 5) is 0. The molecular formula is C20H32O2. The summed E-state index contributed by atoms with van der Waals surface area (Å²) in [5, 5.41) is 0. The standard InChI is InChI=1S/C20H32O2/c1-18-12-14(6-8-16(18)21-18)20(10-4-3-5-11-20)15-7-9-17-19(2,13-15)22-17/h14-17H,3-13H2,1-2H3. The Hall–Kier alpha value is -0.0800. The summed E-state index contributed by atoms with van der Waals surface area (Å²) in [5.74, 6) is 1.83. The van der Waals surface area contributed by atoms with Crippen LogP contribution in [0.25, 0.3) is 0 Å². The Morgan fingerprint density at radius 3 is 1.64 bits per heavy atom. The topological polar surface area (TPSA) is 25.1 Å². The monoisotopic (exact) mass is 304 g/mol. The lowest BCUT2D eigenvalue weighted by atomic mass is 9.52. The van der Waals surface area contributed by atoms with Crippen LogP contribution in [-0.2, 0) is 9.47 Å². The summed E-state index contributed by atoms with van der Waals surface area (Å²) in [5.41, 5.74) is 1.13. The van der Waals surface area contributed by atoms with E-state index in [0.717, 1.165) is 11.8 Å². The van der Waals surface area contributed by atoms with E-state index in [-0.39, 0.29) is 11.2 Å². The van der Waals surface area contributed by atoms with Crippen LogP contribution in [0.2, 0.25) is 0 Å². The Morgan fingerprint density at radius 2 is 1.18 bits per heavy atom. The molecule has 3 aliphatic carbocycles. The Bertz CT molecular complexity index is 432. The Morgan fingerprint density at radius 1 is 0.682 bits per heavy atom. The highest BCUT2D eigenvalue weighted by Crippen LogP contribution is 2.63. The molecule has 0 aromatic rings. The largest absolute Gasteiger partial charge is 0.366 e. The molecule has 0 aromatic heterocycles. The van der Waals surface area contributed by atoms with Crippen LogP contribution in [-0.4, -0.2) is 23.4 Å². The second-order valence-electron chi connectivity index (χ2n) is 9.59. The minimum Gasteiger partial charge on any atom is -0.366 e. The molecule has 2 aliphatic heterocycles. The van der Waals surface area contributed by atoms with Crippen LogP contribution in [0, 0.1) is 17.3 Å². The van der Waals surface area contributed by atoms with Gasteiger partial charge in [0.2, 0.25) is 0 Å². The van der Waals surface area contributed by atoms with Gasteiger partial charge >= 0.3 is 0 Å². The van der Waals surface area contributed by atoms with E-state index in [4.69, 9.17) is 9.47 Å². The zero-order valence-electron chi connectivity index (χ0n) is 14.4. The van der Waals surface area contributed by atoms with Gasteiger partial charge in [0, 0.05) is 0 Å². The highest BCUT2D eigenvalue weighted by atomic mass is 16.6. The van der Waals surface area contributed by atoms with Crippen LogP contribution in [0.1, 0.15) is 84.5 Å². The van der Waals surface area contributed by atoms with Gasteiger partial charge in [-0.3, -0.25) is 0 Å². The van der Waals surface area contributed by atoms with Crippen LogP contribution < -0.4 is 0 Å². The minimum absolute atomic E-state index is 0.255. The maximum absolute atomic E-state index is 6.04. The number of fused-ring (bicyclic) bond motifs is 2. The van der Waals surface area contributed by atoms with Crippen molar-refractivity contribution >= 4 is 0 Å². The predicted molar refractivity (Wildman–Crippen MR) is 86.8 cm³/mol. The van der Waals surface area contributed by atoms with Gasteiger partial charge in [-0.1, -0.05) is 19.3 Å².